The Morgan fingerprint density at radius 3 is 2.78 bits per heavy atom. The Bertz CT molecular complexity index is 391. The van der Waals surface area contributed by atoms with Crippen LogP contribution in [0.15, 0.2) is 5.38 Å². The summed E-state index contributed by atoms with van der Waals surface area (Å²) in [6.45, 7) is 4.35. The maximum absolute atomic E-state index is 6.41. The van der Waals surface area contributed by atoms with Crippen molar-refractivity contribution in [2.45, 2.75) is 52.0 Å². The van der Waals surface area contributed by atoms with Crippen molar-refractivity contribution in [3.05, 3.63) is 20.8 Å². The van der Waals surface area contributed by atoms with Crippen molar-refractivity contribution in [3.8, 4) is 0 Å². The molecule has 1 saturated carbocycles. The Morgan fingerprint density at radius 1 is 1.50 bits per heavy atom. The lowest BCUT2D eigenvalue weighted by atomic mass is 9.74. The van der Waals surface area contributed by atoms with Gasteiger partial charge >= 0.3 is 0 Å². The van der Waals surface area contributed by atoms with E-state index in [1.165, 1.54) is 42.5 Å². The maximum atomic E-state index is 6.41. The molecule has 0 saturated heterocycles. The lowest BCUT2D eigenvalue weighted by molar-refractivity contribution is 0.178. The molecule has 1 fully saturated rings. The number of nitrogens with two attached hydrogens (primary N) is 1. The van der Waals surface area contributed by atoms with Crippen LogP contribution in [0.5, 0.6) is 0 Å². The van der Waals surface area contributed by atoms with E-state index in [1.807, 2.05) is 0 Å². The van der Waals surface area contributed by atoms with Crippen LogP contribution in [-0.4, -0.2) is 0 Å². The van der Waals surface area contributed by atoms with E-state index in [-0.39, 0.29) is 6.04 Å². The normalized spacial score (nSPS) is 26.2. The Kier molecular flexibility index (Phi) is 5.07. The molecule has 0 spiro atoms. The number of hydrogen-bond acceptors (Lipinski definition) is 3. The van der Waals surface area contributed by atoms with Crippen LogP contribution in [0.25, 0.3) is 0 Å². The molecule has 1 aromatic rings. The van der Waals surface area contributed by atoms with Crippen LogP contribution in [0.4, 0.5) is 0 Å². The van der Waals surface area contributed by atoms with Gasteiger partial charge in [-0.15, -0.1) is 11.3 Å². The molecule has 1 aliphatic carbocycles. The predicted octanol–water partition coefficient (Wildman–Crippen LogP) is 4.43. The molecular formula is C14H23ClN2S. The monoisotopic (exact) mass is 286 g/mol. The highest BCUT2D eigenvalue weighted by molar-refractivity contribution is 7.10. The molecule has 0 aromatic carbocycles. The molecule has 0 amide bonds. The van der Waals surface area contributed by atoms with Crippen molar-refractivity contribution in [2.75, 3.05) is 0 Å². The van der Waals surface area contributed by atoms with Gasteiger partial charge in [-0.2, -0.15) is 0 Å². The Balaban J connectivity index is 2.24. The molecule has 0 radical (unpaired) electrons. The van der Waals surface area contributed by atoms with Gasteiger partial charge in [-0.3, -0.25) is 11.3 Å². The minimum atomic E-state index is 0.224. The second-order valence-electron chi connectivity index (χ2n) is 5.36. The maximum Gasteiger partial charge on any atom is 0.0599 e. The van der Waals surface area contributed by atoms with Gasteiger partial charge < -0.3 is 0 Å². The standard InChI is InChI=1S/C14H23ClN2S/c1-3-10-6-4-5-7-11(10)13(17-16)14-12(15)9(2)8-18-14/h8,10-11,13,17H,3-7,16H2,1-2H3. The molecule has 2 rings (SSSR count). The average Bonchev–Trinajstić information content (AvgIpc) is 2.73. The minimum absolute atomic E-state index is 0.224. The van der Waals surface area contributed by atoms with Gasteiger partial charge in [-0.25, -0.2) is 0 Å². The fourth-order valence-electron chi connectivity index (χ4n) is 3.24. The molecule has 1 aliphatic rings. The van der Waals surface area contributed by atoms with Gasteiger partial charge in [0, 0.05) is 4.88 Å². The van der Waals surface area contributed by atoms with Crippen LogP contribution in [0.1, 0.15) is 55.5 Å². The molecule has 4 heteroatoms. The Morgan fingerprint density at radius 2 is 2.22 bits per heavy atom. The minimum Gasteiger partial charge on any atom is -0.271 e. The number of halogens is 1. The van der Waals surface area contributed by atoms with Gasteiger partial charge in [0.1, 0.15) is 0 Å². The summed E-state index contributed by atoms with van der Waals surface area (Å²) in [4.78, 5) is 1.22. The van der Waals surface area contributed by atoms with E-state index in [4.69, 9.17) is 17.4 Å². The van der Waals surface area contributed by atoms with E-state index >= 15 is 0 Å². The zero-order valence-electron chi connectivity index (χ0n) is 11.2. The molecule has 102 valence electrons. The van der Waals surface area contributed by atoms with E-state index in [1.54, 1.807) is 11.3 Å². The van der Waals surface area contributed by atoms with Crippen LogP contribution in [-0.2, 0) is 0 Å². The molecule has 3 N–H and O–H groups in total. The van der Waals surface area contributed by atoms with Crippen LogP contribution >= 0.6 is 22.9 Å². The van der Waals surface area contributed by atoms with Gasteiger partial charge in [0.25, 0.3) is 0 Å². The van der Waals surface area contributed by atoms with E-state index in [9.17, 15) is 0 Å². The number of aryl methyl sites for hydroxylation is 1. The third-order valence-corrected chi connectivity index (χ3v) is 6.10. The molecule has 0 aliphatic heterocycles. The molecule has 1 aromatic heterocycles. The van der Waals surface area contributed by atoms with E-state index in [0.717, 1.165) is 10.9 Å². The largest absolute Gasteiger partial charge is 0.271 e. The first-order chi connectivity index (χ1) is 8.69. The second kappa shape index (κ2) is 6.38. The SMILES string of the molecule is CCC1CCCCC1C(NN)c1scc(C)c1Cl. The number of thiophene rings is 1. The van der Waals surface area contributed by atoms with Gasteiger partial charge in [0.2, 0.25) is 0 Å². The lowest BCUT2D eigenvalue weighted by Gasteiger charge is -2.36. The first-order valence-electron chi connectivity index (χ1n) is 6.88. The lowest BCUT2D eigenvalue weighted by Crippen LogP contribution is -2.37. The zero-order chi connectivity index (χ0) is 13.1. The average molecular weight is 287 g/mol. The fourth-order valence-corrected chi connectivity index (χ4v) is 4.68. The summed E-state index contributed by atoms with van der Waals surface area (Å²) in [6.07, 6.45) is 6.53. The van der Waals surface area contributed by atoms with Gasteiger partial charge in [0.15, 0.2) is 0 Å². The van der Waals surface area contributed by atoms with Crippen LogP contribution in [0.3, 0.4) is 0 Å². The highest BCUT2D eigenvalue weighted by atomic mass is 35.5. The molecule has 3 atom stereocenters. The smallest absolute Gasteiger partial charge is 0.0599 e. The van der Waals surface area contributed by atoms with Gasteiger partial charge in [-0.05, 0) is 36.1 Å². The van der Waals surface area contributed by atoms with Crippen molar-refractivity contribution >= 4 is 22.9 Å². The summed E-state index contributed by atoms with van der Waals surface area (Å²) in [5, 5.41) is 3.04. The summed E-state index contributed by atoms with van der Waals surface area (Å²) in [7, 11) is 0. The van der Waals surface area contributed by atoms with E-state index < -0.39 is 0 Å². The molecule has 1 heterocycles. The molecule has 3 unspecified atom stereocenters. The number of nitrogens with one attached hydrogen (secondary N) is 1. The zero-order valence-corrected chi connectivity index (χ0v) is 12.8. The molecule has 18 heavy (non-hydrogen) atoms. The first kappa shape index (κ1) is 14.3. The van der Waals surface area contributed by atoms with Crippen molar-refractivity contribution in [1.29, 1.82) is 0 Å². The quantitative estimate of drug-likeness (QED) is 0.635. The second-order valence-corrected chi connectivity index (χ2v) is 6.65. The number of hydrogen-bond donors (Lipinski definition) is 2. The molecule has 2 nitrogen and oxygen atoms in total. The third-order valence-electron chi connectivity index (χ3n) is 4.31. The van der Waals surface area contributed by atoms with Crippen molar-refractivity contribution in [1.82, 2.24) is 5.43 Å². The van der Waals surface area contributed by atoms with Crippen molar-refractivity contribution in [2.24, 2.45) is 17.7 Å². The van der Waals surface area contributed by atoms with Gasteiger partial charge in [0.05, 0.1) is 11.1 Å². The van der Waals surface area contributed by atoms with E-state index in [2.05, 4.69) is 24.7 Å². The third kappa shape index (κ3) is 2.74. The van der Waals surface area contributed by atoms with Gasteiger partial charge in [-0.1, -0.05) is 44.2 Å². The topological polar surface area (TPSA) is 38.0 Å². The summed E-state index contributed by atoms with van der Waals surface area (Å²) in [5.41, 5.74) is 4.20. The number of rotatable bonds is 4. The summed E-state index contributed by atoms with van der Waals surface area (Å²) < 4.78 is 0. The molecule has 0 bridgehead atoms. The van der Waals surface area contributed by atoms with Crippen molar-refractivity contribution < 1.29 is 0 Å². The van der Waals surface area contributed by atoms with E-state index in [0.29, 0.717) is 5.92 Å². The number of hydrazine groups is 1. The van der Waals surface area contributed by atoms with Crippen LogP contribution in [0.2, 0.25) is 5.02 Å². The van der Waals surface area contributed by atoms with Crippen LogP contribution in [0, 0.1) is 18.8 Å². The fraction of sp³-hybridized carbons (Fsp3) is 0.714. The highest BCUT2D eigenvalue weighted by Gasteiger charge is 2.33. The Labute approximate surface area is 119 Å². The highest BCUT2D eigenvalue weighted by Crippen LogP contribution is 2.44. The summed E-state index contributed by atoms with van der Waals surface area (Å²) in [6, 6.07) is 0.224. The first-order valence-corrected chi connectivity index (χ1v) is 8.14. The predicted molar refractivity (Wildman–Crippen MR) is 79.9 cm³/mol. The van der Waals surface area contributed by atoms with Crippen LogP contribution < -0.4 is 11.3 Å². The Hall–Kier alpha value is -0.0900. The summed E-state index contributed by atoms with van der Waals surface area (Å²) in [5.74, 6) is 7.23. The molecular weight excluding hydrogens is 264 g/mol. The summed E-state index contributed by atoms with van der Waals surface area (Å²) >= 11 is 8.15. The van der Waals surface area contributed by atoms with Crippen molar-refractivity contribution in [3.63, 3.8) is 0 Å².